The predicted molar refractivity (Wildman–Crippen MR) is 221 cm³/mol. The molecule has 0 aliphatic rings. The van der Waals surface area contributed by atoms with Gasteiger partial charge in [0, 0.05) is 71.1 Å². The maximum atomic E-state index is 6.44. The van der Waals surface area contributed by atoms with Crippen LogP contribution in [-0.4, -0.2) is 19.9 Å². The molecule has 7 nitrogen and oxygen atoms in total. The molecule has 0 bridgehead atoms. The van der Waals surface area contributed by atoms with Crippen molar-refractivity contribution in [2.75, 3.05) is 9.80 Å². The summed E-state index contributed by atoms with van der Waals surface area (Å²) in [7, 11) is 0. The van der Waals surface area contributed by atoms with E-state index >= 15 is 0 Å². The third-order valence-electron chi connectivity index (χ3n) is 9.42. The van der Waals surface area contributed by atoms with E-state index in [2.05, 4.69) is 139 Å². The zero-order valence-corrected chi connectivity index (χ0v) is 29.7. The van der Waals surface area contributed by atoms with Crippen LogP contribution in [0.3, 0.4) is 0 Å². The highest BCUT2D eigenvalue weighted by molar-refractivity contribution is 5.80. The quantitative estimate of drug-likeness (QED) is 0.140. The van der Waals surface area contributed by atoms with E-state index in [1.165, 1.54) is 0 Å². The van der Waals surface area contributed by atoms with Crippen molar-refractivity contribution in [2.24, 2.45) is 0 Å². The van der Waals surface area contributed by atoms with Crippen molar-refractivity contribution < 1.29 is 4.42 Å². The second kappa shape index (κ2) is 15.1. The monoisotopic (exact) mass is 710 g/mol. The van der Waals surface area contributed by atoms with Crippen molar-refractivity contribution in [1.29, 1.82) is 0 Å². The lowest BCUT2D eigenvalue weighted by molar-refractivity contribution is 0.597. The molecule has 0 saturated carbocycles. The molecule has 5 heterocycles. The fourth-order valence-corrected chi connectivity index (χ4v) is 6.67. The van der Waals surface area contributed by atoms with Gasteiger partial charge in [0.15, 0.2) is 0 Å². The fraction of sp³-hybridized carbons (Fsp3) is 0. The van der Waals surface area contributed by atoms with E-state index in [4.69, 9.17) is 4.42 Å². The zero-order valence-electron chi connectivity index (χ0n) is 29.7. The Morgan fingerprint density at radius 3 is 1.02 bits per heavy atom. The molecule has 0 spiro atoms. The van der Waals surface area contributed by atoms with Gasteiger partial charge in [-0.25, -0.2) is 9.97 Å². The number of anilines is 6. The summed E-state index contributed by atoms with van der Waals surface area (Å²) in [4.78, 5) is 22.2. The number of aromatic nitrogens is 4. The largest absolute Gasteiger partial charge is 0.456 e. The smallest absolute Gasteiger partial charge is 0.137 e. The summed E-state index contributed by atoms with van der Waals surface area (Å²) in [6, 6.07) is 57.7. The van der Waals surface area contributed by atoms with Crippen LogP contribution in [0, 0.1) is 0 Å². The van der Waals surface area contributed by atoms with Gasteiger partial charge in [-0.05, 0) is 144 Å². The van der Waals surface area contributed by atoms with Crippen molar-refractivity contribution >= 4 is 34.4 Å². The summed E-state index contributed by atoms with van der Waals surface area (Å²) in [5.74, 6) is 3.24. The van der Waals surface area contributed by atoms with Gasteiger partial charge < -0.3 is 4.42 Å². The van der Waals surface area contributed by atoms with E-state index in [-0.39, 0.29) is 0 Å². The van der Waals surface area contributed by atoms with Crippen LogP contribution < -0.4 is 9.80 Å². The van der Waals surface area contributed by atoms with Crippen molar-refractivity contribution in [1.82, 2.24) is 19.9 Å². The first-order valence-corrected chi connectivity index (χ1v) is 18.0. The van der Waals surface area contributed by atoms with Gasteiger partial charge in [0.1, 0.15) is 23.2 Å². The second-order valence-corrected chi connectivity index (χ2v) is 12.9. The lowest BCUT2D eigenvalue weighted by Crippen LogP contribution is -2.11. The lowest BCUT2D eigenvalue weighted by Gasteiger charge is -2.24. The van der Waals surface area contributed by atoms with E-state index in [1.54, 1.807) is 12.4 Å². The molecule has 9 rings (SSSR count). The second-order valence-electron chi connectivity index (χ2n) is 12.9. The van der Waals surface area contributed by atoms with E-state index in [0.717, 1.165) is 79.3 Å². The first-order chi connectivity index (χ1) is 27.3. The fourth-order valence-electron chi connectivity index (χ4n) is 6.67. The van der Waals surface area contributed by atoms with E-state index in [1.807, 2.05) is 85.5 Å². The number of furan rings is 1. The molecule has 0 unspecified atom stereocenters. The Morgan fingerprint density at radius 1 is 0.309 bits per heavy atom. The summed E-state index contributed by atoms with van der Waals surface area (Å²) in [6.07, 6.45) is 11.0. The van der Waals surface area contributed by atoms with Gasteiger partial charge in [0.05, 0.1) is 0 Å². The summed E-state index contributed by atoms with van der Waals surface area (Å²) < 4.78 is 6.44. The molecule has 0 amide bonds. The summed E-state index contributed by atoms with van der Waals surface area (Å²) in [5.41, 5.74) is 10.3. The molecule has 0 aliphatic carbocycles. The molecule has 4 aromatic carbocycles. The molecule has 262 valence electrons. The van der Waals surface area contributed by atoms with Crippen LogP contribution in [0.2, 0.25) is 0 Å². The molecule has 0 fully saturated rings. The molecule has 9 aromatic rings. The van der Waals surface area contributed by atoms with E-state index < -0.39 is 0 Å². The SMILES string of the molecule is c1ccc(N(c2ccc(-c3cccnc3)cc2)c2ccc(-c3ccc(-c4ccc(N(c5ccc(-c6cccnc6)cc5)c5ccccn5)cc4)o3)cc2)nc1. The molecule has 55 heavy (non-hydrogen) atoms. The molecule has 0 radical (unpaired) electrons. The van der Waals surface area contributed by atoms with Crippen molar-refractivity contribution in [3.05, 3.63) is 207 Å². The van der Waals surface area contributed by atoms with Gasteiger partial charge >= 0.3 is 0 Å². The zero-order chi connectivity index (χ0) is 36.8. The Hall–Kier alpha value is -7.64. The normalized spacial score (nSPS) is 10.9. The van der Waals surface area contributed by atoms with Crippen LogP contribution in [-0.2, 0) is 0 Å². The van der Waals surface area contributed by atoms with Crippen LogP contribution in [0.15, 0.2) is 211 Å². The van der Waals surface area contributed by atoms with Crippen LogP contribution >= 0.6 is 0 Å². The first kappa shape index (κ1) is 33.2. The van der Waals surface area contributed by atoms with E-state index in [9.17, 15) is 0 Å². The van der Waals surface area contributed by atoms with Gasteiger partial charge in [0.2, 0.25) is 0 Å². The van der Waals surface area contributed by atoms with Crippen molar-refractivity contribution in [3.8, 4) is 44.9 Å². The highest BCUT2D eigenvalue weighted by Gasteiger charge is 2.17. The number of benzene rings is 4. The van der Waals surface area contributed by atoms with Crippen LogP contribution in [0.4, 0.5) is 34.4 Å². The molecular formula is C48H34N6O. The summed E-state index contributed by atoms with van der Waals surface area (Å²) in [6.45, 7) is 0. The predicted octanol–water partition coefficient (Wildman–Crippen LogP) is 12.5. The topological polar surface area (TPSA) is 71.2 Å². The van der Waals surface area contributed by atoms with Crippen LogP contribution in [0.25, 0.3) is 44.9 Å². The van der Waals surface area contributed by atoms with Crippen molar-refractivity contribution in [2.45, 2.75) is 0 Å². The van der Waals surface area contributed by atoms with Gasteiger partial charge in [-0.1, -0.05) is 48.5 Å². The number of pyridine rings is 4. The average Bonchev–Trinajstić information content (AvgIpc) is 3.77. The number of hydrogen-bond acceptors (Lipinski definition) is 7. The van der Waals surface area contributed by atoms with Crippen LogP contribution in [0.5, 0.6) is 0 Å². The standard InChI is InChI=1S/C48H34N6O/c1-3-31-51-47(9-1)53(41-19-11-35(12-20-41)39-7-5-29-49-33-39)43-23-15-37(16-24-43)45-27-28-46(55-45)38-17-25-44(26-18-38)54(48-10-2-4-32-52-48)42-21-13-36(14-22-42)40-8-6-30-50-34-40/h1-34H. The highest BCUT2D eigenvalue weighted by Crippen LogP contribution is 2.38. The Labute approximate surface area is 319 Å². The van der Waals surface area contributed by atoms with E-state index in [0.29, 0.717) is 0 Å². The van der Waals surface area contributed by atoms with Crippen molar-refractivity contribution in [3.63, 3.8) is 0 Å². The molecule has 0 N–H and O–H groups in total. The Kier molecular flexibility index (Phi) is 9.15. The number of nitrogens with zero attached hydrogens (tertiary/aromatic N) is 6. The third kappa shape index (κ3) is 7.10. The summed E-state index contributed by atoms with van der Waals surface area (Å²) in [5, 5.41) is 0. The molecule has 0 saturated heterocycles. The number of rotatable bonds is 10. The average molecular weight is 711 g/mol. The Balaban J connectivity index is 0.962. The number of hydrogen-bond donors (Lipinski definition) is 0. The van der Waals surface area contributed by atoms with Crippen LogP contribution in [0.1, 0.15) is 0 Å². The van der Waals surface area contributed by atoms with Gasteiger partial charge in [-0.2, -0.15) is 0 Å². The Bertz CT molecular complexity index is 2410. The third-order valence-corrected chi connectivity index (χ3v) is 9.42. The minimum atomic E-state index is 0.791. The molecule has 5 aromatic heterocycles. The van der Waals surface area contributed by atoms with Gasteiger partial charge in [0.25, 0.3) is 0 Å². The molecule has 7 heteroatoms. The molecular weight excluding hydrogens is 677 g/mol. The minimum absolute atomic E-state index is 0.791. The summed E-state index contributed by atoms with van der Waals surface area (Å²) >= 11 is 0. The minimum Gasteiger partial charge on any atom is -0.456 e. The maximum absolute atomic E-state index is 6.44. The first-order valence-electron chi connectivity index (χ1n) is 18.0. The van der Waals surface area contributed by atoms with Gasteiger partial charge in [-0.15, -0.1) is 0 Å². The lowest BCUT2D eigenvalue weighted by atomic mass is 10.1. The van der Waals surface area contributed by atoms with Gasteiger partial charge in [-0.3, -0.25) is 19.8 Å². The maximum Gasteiger partial charge on any atom is 0.137 e. The Morgan fingerprint density at radius 2 is 0.691 bits per heavy atom. The molecule has 0 atom stereocenters. The highest BCUT2D eigenvalue weighted by atomic mass is 16.3. The molecule has 0 aliphatic heterocycles.